The third-order valence-electron chi connectivity index (χ3n) is 10.9. The van der Waals surface area contributed by atoms with E-state index in [0.717, 1.165) is 63.9 Å². The number of unbranched alkanes of at least 4 members (excludes halogenated alkanes) is 26. The van der Waals surface area contributed by atoms with Crippen LogP contribution in [0.5, 0.6) is 11.5 Å². The van der Waals surface area contributed by atoms with Crippen molar-refractivity contribution in [1.29, 1.82) is 0 Å². The lowest BCUT2D eigenvalue weighted by atomic mass is 10.1. The van der Waals surface area contributed by atoms with Crippen LogP contribution in [0.1, 0.15) is 230 Å². The van der Waals surface area contributed by atoms with E-state index in [0.29, 0.717) is 31.1 Å². The number of hydrogen-bond donors (Lipinski definition) is 3. The first-order valence-electron chi connectivity index (χ1n) is 24.6. The van der Waals surface area contributed by atoms with Crippen LogP contribution in [0.25, 0.3) is 0 Å². The summed E-state index contributed by atoms with van der Waals surface area (Å²) in [6, 6.07) is 5.69. The van der Waals surface area contributed by atoms with Crippen LogP contribution in [-0.4, -0.2) is 45.3 Å². The number of hydrogen-bond acceptors (Lipinski definition) is 5. The predicted molar refractivity (Wildman–Crippen MR) is 249 cm³/mol. The number of nitrogens with two attached hydrogens (primary N) is 1. The maximum absolute atomic E-state index is 13.0. The van der Waals surface area contributed by atoms with Crippen molar-refractivity contribution in [3.63, 3.8) is 0 Å². The minimum Gasteiger partial charge on any atom is -0.490 e. The van der Waals surface area contributed by atoms with Crippen molar-refractivity contribution in [1.82, 2.24) is 10.6 Å². The summed E-state index contributed by atoms with van der Waals surface area (Å²) in [5.41, 5.74) is 6.21. The fourth-order valence-corrected chi connectivity index (χ4v) is 7.14. The molecule has 0 unspecified atom stereocenters. The smallest absolute Gasteiger partial charge is 0.251 e. The Morgan fingerprint density at radius 2 is 0.895 bits per heavy atom. The van der Waals surface area contributed by atoms with E-state index < -0.39 is 0 Å². The Hall–Kier alpha value is -2.31. The third kappa shape index (κ3) is 35.4. The van der Waals surface area contributed by atoms with E-state index in [1.54, 1.807) is 0 Å². The van der Waals surface area contributed by atoms with Gasteiger partial charge in [0.15, 0.2) is 11.5 Å². The van der Waals surface area contributed by atoms with Crippen LogP contribution in [0.15, 0.2) is 42.5 Å². The average Bonchev–Trinajstić information content (AvgIpc) is 3.22. The van der Waals surface area contributed by atoms with Crippen LogP contribution >= 0.6 is 0 Å². The first kappa shape index (κ1) is 52.7. The van der Waals surface area contributed by atoms with E-state index in [-0.39, 0.29) is 5.91 Å². The fraction of sp³-hybridized carbons (Fsp3) is 0.784. The normalized spacial score (nSPS) is 11.6. The zero-order valence-corrected chi connectivity index (χ0v) is 37.7. The van der Waals surface area contributed by atoms with E-state index in [2.05, 4.69) is 48.8 Å². The van der Waals surface area contributed by atoms with Gasteiger partial charge in [-0.15, -0.1) is 0 Å². The highest BCUT2D eigenvalue weighted by Gasteiger charge is 2.12. The molecule has 330 valence electrons. The highest BCUT2D eigenvalue weighted by atomic mass is 16.5. The molecule has 0 atom stereocenters. The van der Waals surface area contributed by atoms with Crippen molar-refractivity contribution >= 4 is 5.91 Å². The molecule has 1 aromatic rings. The molecular weight excluding hydrogens is 703 g/mol. The van der Waals surface area contributed by atoms with Gasteiger partial charge in [0.05, 0.1) is 13.2 Å². The Balaban J connectivity index is 2.35. The fourth-order valence-electron chi connectivity index (χ4n) is 7.14. The molecule has 4 N–H and O–H groups in total. The van der Waals surface area contributed by atoms with Gasteiger partial charge in [-0.2, -0.15) is 0 Å². The van der Waals surface area contributed by atoms with E-state index in [1.165, 1.54) is 167 Å². The molecule has 0 bridgehead atoms. The maximum Gasteiger partial charge on any atom is 0.251 e. The number of allylic oxidation sites excluding steroid dienone is 4. The molecule has 0 radical (unpaired) electrons. The molecule has 0 spiro atoms. The maximum atomic E-state index is 13.0. The second-order valence-corrected chi connectivity index (χ2v) is 16.4. The van der Waals surface area contributed by atoms with Crippen molar-refractivity contribution in [2.24, 2.45) is 5.73 Å². The van der Waals surface area contributed by atoms with Crippen molar-refractivity contribution in [2.75, 3.05) is 39.4 Å². The van der Waals surface area contributed by atoms with Crippen molar-refractivity contribution in [2.45, 2.75) is 219 Å². The van der Waals surface area contributed by atoms with Gasteiger partial charge in [0, 0.05) is 12.1 Å². The molecule has 1 amide bonds. The molecule has 0 aliphatic rings. The lowest BCUT2D eigenvalue weighted by Crippen LogP contribution is -2.25. The Morgan fingerprint density at radius 1 is 0.491 bits per heavy atom. The third-order valence-corrected chi connectivity index (χ3v) is 10.9. The van der Waals surface area contributed by atoms with E-state index >= 15 is 0 Å². The van der Waals surface area contributed by atoms with Crippen LogP contribution < -0.4 is 25.8 Å². The molecular formula is C51H93N3O3. The first-order chi connectivity index (χ1) is 28.2. The number of rotatable bonds is 44. The number of carbonyl (C=O) groups excluding carboxylic acids is 1. The van der Waals surface area contributed by atoms with Crippen molar-refractivity contribution in [3.8, 4) is 11.5 Å². The van der Waals surface area contributed by atoms with Gasteiger partial charge in [-0.1, -0.05) is 154 Å². The molecule has 0 heterocycles. The van der Waals surface area contributed by atoms with Gasteiger partial charge < -0.3 is 25.8 Å². The standard InChI is InChI=1S/C51H93N3O3/c1-3-5-7-9-11-13-15-17-19-21-23-25-27-29-31-37-45-56-49-40-39-48(51(55)54-44-36-35-43-53-42-34-33-41-52)47-50(49)57-46-38-32-30-28-26-24-22-20-18-16-14-12-10-8-6-4-2/h17-20,39-40,47,53H,3-16,21-38,41-46,52H2,1-2H3,(H,54,55). The molecule has 0 fully saturated rings. The van der Waals surface area contributed by atoms with Gasteiger partial charge in [0.2, 0.25) is 0 Å². The van der Waals surface area contributed by atoms with Crippen molar-refractivity contribution < 1.29 is 14.3 Å². The van der Waals surface area contributed by atoms with Crippen LogP contribution in [0, 0.1) is 0 Å². The average molecular weight is 796 g/mol. The lowest BCUT2D eigenvalue weighted by Gasteiger charge is -2.15. The van der Waals surface area contributed by atoms with E-state index in [1.807, 2.05) is 18.2 Å². The molecule has 0 aliphatic heterocycles. The zero-order chi connectivity index (χ0) is 41.0. The highest BCUT2D eigenvalue weighted by molar-refractivity contribution is 5.94. The van der Waals surface area contributed by atoms with Gasteiger partial charge in [-0.25, -0.2) is 0 Å². The molecule has 57 heavy (non-hydrogen) atoms. The largest absolute Gasteiger partial charge is 0.490 e. The van der Waals surface area contributed by atoms with Crippen LogP contribution in [0.4, 0.5) is 0 Å². The summed E-state index contributed by atoms with van der Waals surface area (Å²) in [6.45, 7) is 9.29. The van der Waals surface area contributed by atoms with E-state index in [9.17, 15) is 4.79 Å². The molecule has 0 saturated heterocycles. The summed E-state index contributed by atoms with van der Waals surface area (Å²) in [6.07, 6.45) is 50.0. The number of carbonyl (C=O) groups is 1. The van der Waals surface area contributed by atoms with Crippen LogP contribution in [-0.2, 0) is 0 Å². The number of ether oxygens (including phenoxy) is 2. The Morgan fingerprint density at radius 3 is 1.37 bits per heavy atom. The summed E-state index contributed by atoms with van der Waals surface area (Å²) in [5.74, 6) is 1.40. The first-order valence-corrected chi connectivity index (χ1v) is 24.6. The molecule has 0 aliphatic carbocycles. The minimum absolute atomic E-state index is 0.0483. The predicted octanol–water partition coefficient (Wildman–Crippen LogP) is 14.4. The minimum atomic E-state index is -0.0483. The van der Waals surface area contributed by atoms with E-state index in [4.69, 9.17) is 15.2 Å². The summed E-state index contributed by atoms with van der Waals surface area (Å²) in [5, 5.41) is 6.56. The molecule has 1 aromatic carbocycles. The molecule has 6 heteroatoms. The lowest BCUT2D eigenvalue weighted by molar-refractivity contribution is 0.0952. The van der Waals surface area contributed by atoms with Gasteiger partial charge in [0.1, 0.15) is 0 Å². The molecule has 0 aromatic heterocycles. The number of benzene rings is 1. The summed E-state index contributed by atoms with van der Waals surface area (Å²) < 4.78 is 12.5. The molecule has 1 rings (SSSR count). The van der Waals surface area contributed by atoms with Crippen molar-refractivity contribution in [3.05, 3.63) is 48.1 Å². The SMILES string of the molecule is CCCCCCCCC=CCCCCCCCCOc1ccc(C(=O)NCCCCNCCCCN)cc1OCCCCCCCCC=CCCCCCCCC. The van der Waals surface area contributed by atoms with Gasteiger partial charge in [-0.3, -0.25) is 4.79 Å². The summed E-state index contributed by atoms with van der Waals surface area (Å²) in [4.78, 5) is 13.0. The van der Waals surface area contributed by atoms with Crippen LogP contribution in [0.2, 0.25) is 0 Å². The topological polar surface area (TPSA) is 85.6 Å². The van der Waals surface area contributed by atoms with Gasteiger partial charge in [0.25, 0.3) is 5.91 Å². The monoisotopic (exact) mass is 796 g/mol. The number of nitrogens with one attached hydrogen (secondary N) is 2. The molecule has 6 nitrogen and oxygen atoms in total. The quantitative estimate of drug-likeness (QED) is 0.0452. The Kier molecular flexibility index (Phi) is 40.0. The Bertz CT molecular complexity index is 1060. The second-order valence-electron chi connectivity index (χ2n) is 16.4. The number of amides is 1. The summed E-state index contributed by atoms with van der Waals surface area (Å²) >= 11 is 0. The van der Waals surface area contributed by atoms with Crippen LogP contribution in [0.3, 0.4) is 0 Å². The zero-order valence-electron chi connectivity index (χ0n) is 37.7. The molecule has 0 saturated carbocycles. The Labute approximate surface area is 353 Å². The summed E-state index contributed by atoms with van der Waals surface area (Å²) in [7, 11) is 0. The van der Waals surface area contributed by atoms with Gasteiger partial charge in [-0.05, 0) is 128 Å². The highest BCUT2D eigenvalue weighted by Crippen LogP contribution is 2.29. The second kappa shape index (κ2) is 43.3. The van der Waals surface area contributed by atoms with Gasteiger partial charge >= 0.3 is 0 Å².